The van der Waals surface area contributed by atoms with Crippen LogP contribution >= 0.6 is 0 Å². The molecule has 4 heterocycles. The zero-order valence-corrected chi connectivity index (χ0v) is 31.7. The van der Waals surface area contributed by atoms with Crippen molar-refractivity contribution in [2.75, 3.05) is 0 Å². The van der Waals surface area contributed by atoms with Crippen LogP contribution in [-0.2, 0) is 23.7 Å². The molecule has 0 bridgehead atoms. The third-order valence-corrected chi connectivity index (χ3v) is 13.5. The number of benzene rings is 7. The molecule has 0 saturated carbocycles. The fourth-order valence-electron chi connectivity index (χ4n) is 10.9. The second-order valence-electron chi connectivity index (χ2n) is 18.5. The van der Waals surface area contributed by atoms with Crippen LogP contribution in [0.15, 0.2) is 109 Å². The molecular weight excluding hydrogens is 653 g/mol. The van der Waals surface area contributed by atoms with Crippen LogP contribution in [0.2, 0.25) is 0 Å². The molecule has 0 radical (unpaired) electrons. The van der Waals surface area contributed by atoms with Crippen LogP contribution < -0.4 is 0 Å². The summed E-state index contributed by atoms with van der Waals surface area (Å²) in [6, 6.07) is 42.8. The lowest BCUT2D eigenvalue weighted by Crippen LogP contribution is -2.10. The first kappa shape index (κ1) is 29.6. The van der Waals surface area contributed by atoms with Crippen molar-refractivity contribution in [3.05, 3.63) is 143 Å². The fraction of sp³-hybridized carbons (Fsp3) is 0.192. The summed E-state index contributed by atoms with van der Waals surface area (Å²) in [5, 5.41) is 10.9. The Labute approximate surface area is 313 Å². The van der Waals surface area contributed by atoms with Gasteiger partial charge in [0, 0.05) is 55.9 Å². The van der Waals surface area contributed by atoms with Gasteiger partial charge in [0.05, 0.1) is 33.1 Å². The summed E-state index contributed by atoms with van der Waals surface area (Å²) in [4.78, 5) is 0. The summed E-state index contributed by atoms with van der Waals surface area (Å²) in [6.07, 6.45) is 1.94. The molecule has 0 spiro atoms. The van der Waals surface area contributed by atoms with Crippen LogP contribution in [-0.4, -0.2) is 8.80 Å². The van der Waals surface area contributed by atoms with E-state index in [1.165, 1.54) is 132 Å². The molecule has 2 nitrogen and oxygen atoms in total. The van der Waals surface area contributed by atoms with Crippen molar-refractivity contribution in [2.24, 2.45) is 0 Å². The summed E-state index contributed by atoms with van der Waals surface area (Å²) in [5.41, 5.74) is 22.3. The first-order valence-corrected chi connectivity index (χ1v) is 19.7. The normalized spacial score (nSPS) is 14.3. The number of rotatable bonds is 0. The average Bonchev–Trinajstić information content (AvgIpc) is 3.98. The molecule has 0 N–H and O–H groups in total. The molecule has 0 saturated heterocycles. The van der Waals surface area contributed by atoms with Gasteiger partial charge in [0.1, 0.15) is 0 Å². The lowest BCUT2D eigenvalue weighted by atomic mass is 9.85. The summed E-state index contributed by atoms with van der Waals surface area (Å²) >= 11 is 0. The summed E-state index contributed by atoms with van der Waals surface area (Å²) in [6.45, 7) is 14.2. The number of aromatic nitrogens is 2. The number of hydrogen-bond donors (Lipinski definition) is 0. The Hall–Kier alpha value is -5.86. The van der Waals surface area contributed by atoms with Gasteiger partial charge in [0.15, 0.2) is 0 Å². The Morgan fingerprint density at radius 2 is 0.759 bits per heavy atom. The lowest BCUT2D eigenvalue weighted by molar-refractivity contribution is 0.591. The van der Waals surface area contributed by atoms with E-state index in [1.807, 2.05) is 0 Å². The van der Waals surface area contributed by atoms with Crippen LogP contribution in [0.5, 0.6) is 0 Å². The largest absolute Gasteiger partial charge is 0.308 e. The van der Waals surface area contributed by atoms with Gasteiger partial charge in [-0.15, -0.1) is 0 Å². The van der Waals surface area contributed by atoms with Crippen LogP contribution in [0.1, 0.15) is 74.9 Å². The van der Waals surface area contributed by atoms with Gasteiger partial charge < -0.3 is 8.80 Å². The molecule has 2 heteroatoms. The molecule has 0 unspecified atom stereocenters. The fourth-order valence-corrected chi connectivity index (χ4v) is 10.9. The van der Waals surface area contributed by atoms with Crippen molar-refractivity contribution in [3.63, 3.8) is 0 Å². The first-order valence-electron chi connectivity index (χ1n) is 19.7. The maximum Gasteiger partial charge on any atom is 0.0620 e. The summed E-state index contributed by atoms with van der Waals surface area (Å²) < 4.78 is 5.33. The zero-order chi connectivity index (χ0) is 36.2. The Balaban J connectivity index is 1.25. The quantitative estimate of drug-likeness (QED) is 0.150. The number of hydrogen-bond acceptors (Lipinski definition) is 0. The Morgan fingerprint density at radius 1 is 0.370 bits per heavy atom. The molecule has 0 fully saturated rings. The van der Waals surface area contributed by atoms with E-state index in [0.29, 0.717) is 0 Å². The highest BCUT2D eigenvalue weighted by molar-refractivity contribution is 6.30. The predicted molar refractivity (Wildman–Crippen MR) is 230 cm³/mol. The molecule has 2 aliphatic carbocycles. The highest BCUT2D eigenvalue weighted by Crippen LogP contribution is 2.51. The van der Waals surface area contributed by atoms with Crippen LogP contribution in [0.4, 0.5) is 0 Å². The molecule has 258 valence electrons. The molecule has 2 aliphatic rings. The van der Waals surface area contributed by atoms with Gasteiger partial charge in [0.25, 0.3) is 0 Å². The highest BCUT2D eigenvalue weighted by atomic mass is 14.9. The second kappa shape index (κ2) is 9.25. The molecular formula is C52H40N2. The Kier molecular flexibility index (Phi) is 5.07. The molecule has 0 aliphatic heterocycles. The lowest BCUT2D eigenvalue weighted by Gasteiger charge is -2.19. The molecule has 7 aromatic carbocycles. The van der Waals surface area contributed by atoms with E-state index in [9.17, 15) is 0 Å². The van der Waals surface area contributed by atoms with Gasteiger partial charge in [-0.1, -0.05) is 114 Å². The van der Waals surface area contributed by atoms with E-state index in [2.05, 4.69) is 160 Å². The molecule has 4 aromatic heterocycles. The van der Waals surface area contributed by atoms with E-state index >= 15 is 0 Å². The minimum Gasteiger partial charge on any atom is -0.308 e. The zero-order valence-electron chi connectivity index (χ0n) is 31.7. The van der Waals surface area contributed by atoms with Gasteiger partial charge in [-0.3, -0.25) is 0 Å². The van der Waals surface area contributed by atoms with Gasteiger partial charge in [0.2, 0.25) is 0 Å². The summed E-state index contributed by atoms with van der Waals surface area (Å²) in [5.74, 6) is 0. The Morgan fingerprint density at radius 3 is 1.17 bits per heavy atom. The van der Waals surface area contributed by atoms with Crippen molar-refractivity contribution in [2.45, 2.75) is 65.2 Å². The maximum absolute atomic E-state index is 2.66. The minimum absolute atomic E-state index is 0.0174. The SMILES string of the molecule is CC(C)(C)c1cc2c3cc4c(cc3n3c5c6c(ccc5c(c1)c23)-c1ccccc1C6)c1cc(C(C)(C)C)cc2c3ccc5c(c3n4c12)Cc1ccccc1-5. The third-order valence-electron chi connectivity index (χ3n) is 13.5. The van der Waals surface area contributed by atoms with E-state index in [-0.39, 0.29) is 10.8 Å². The van der Waals surface area contributed by atoms with Crippen LogP contribution in [0, 0.1) is 0 Å². The highest BCUT2D eigenvalue weighted by Gasteiger charge is 2.31. The standard InChI is InChI=1S/C52H40N2/c1-51(2,3)29-21-41-35-17-15-33-31-13-9-7-11-27(31)19-39(33)47(35)53-45-26-38-44-24-30(52(4,5)6)22-42-36-18-16-34-32-14-10-8-12-28(32)20-40(34)48(36)54(50(42)44)46(38)25-37(45)43(23-29)49(41)53/h7-18,21-26H,19-20H2,1-6H3. The van der Waals surface area contributed by atoms with E-state index < -0.39 is 0 Å². The van der Waals surface area contributed by atoms with Gasteiger partial charge in [-0.25, -0.2) is 0 Å². The molecule has 13 rings (SSSR count). The predicted octanol–water partition coefficient (Wildman–Crippen LogP) is 13.7. The van der Waals surface area contributed by atoms with Crippen molar-refractivity contribution >= 4 is 76.2 Å². The topological polar surface area (TPSA) is 8.82 Å². The van der Waals surface area contributed by atoms with Gasteiger partial charge >= 0.3 is 0 Å². The minimum atomic E-state index is 0.0174. The van der Waals surface area contributed by atoms with Gasteiger partial charge in [-0.05, 0) is 103 Å². The summed E-state index contributed by atoms with van der Waals surface area (Å²) in [7, 11) is 0. The van der Waals surface area contributed by atoms with E-state index in [1.54, 1.807) is 0 Å². The Bertz CT molecular complexity index is 3260. The van der Waals surface area contributed by atoms with Crippen molar-refractivity contribution < 1.29 is 0 Å². The van der Waals surface area contributed by atoms with Crippen molar-refractivity contribution in [1.29, 1.82) is 0 Å². The molecule has 0 amide bonds. The van der Waals surface area contributed by atoms with Crippen molar-refractivity contribution in [1.82, 2.24) is 8.80 Å². The maximum atomic E-state index is 2.66. The second-order valence-corrected chi connectivity index (χ2v) is 18.5. The molecule has 11 aromatic rings. The molecule has 0 atom stereocenters. The third kappa shape index (κ3) is 3.41. The number of fused-ring (bicyclic) bond motifs is 20. The number of nitrogens with zero attached hydrogens (tertiary/aromatic N) is 2. The van der Waals surface area contributed by atoms with E-state index in [0.717, 1.165) is 12.8 Å². The molecule has 54 heavy (non-hydrogen) atoms. The monoisotopic (exact) mass is 692 g/mol. The van der Waals surface area contributed by atoms with Crippen molar-refractivity contribution in [3.8, 4) is 22.3 Å². The van der Waals surface area contributed by atoms with Crippen LogP contribution in [0.3, 0.4) is 0 Å². The van der Waals surface area contributed by atoms with Crippen LogP contribution in [0.25, 0.3) is 98.4 Å². The average molecular weight is 693 g/mol. The first-order chi connectivity index (χ1) is 26.0. The smallest absolute Gasteiger partial charge is 0.0620 e. The van der Waals surface area contributed by atoms with E-state index in [4.69, 9.17) is 0 Å². The van der Waals surface area contributed by atoms with Gasteiger partial charge in [-0.2, -0.15) is 0 Å².